The first kappa shape index (κ1) is 13.3. The number of nitrogens with one attached hydrogen (secondary N) is 1. The van der Waals surface area contributed by atoms with Crippen LogP contribution in [0, 0.1) is 0 Å². The molecule has 0 bridgehead atoms. The van der Waals surface area contributed by atoms with Crippen LogP contribution >= 0.6 is 0 Å². The molecule has 0 fully saturated rings. The van der Waals surface area contributed by atoms with Crippen LogP contribution in [0.4, 0.5) is 8.78 Å². The third-order valence-electron chi connectivity index (χ3n) is 3.86. The number of alkyl halides is 2. The van der Waals surface area contributed by atoms with Crippen molar-refractivity contribution in [2.45, 2.75) is 24.8 Å². The average molecular weight is 273 g/mol. The number of benzene rings is 2. The average Bonchev–Trinajstić information content (AvgIpc) is 2.89. The van der Waals surface area contributed by atoms with Gasteiger partial charge in [-0.3, -0.25) is 0 Å². The van der Waals surface area contributed by atoms with Crippen LogP contribution in [-0.2, 0) is 18.8 Å². The number of hydrogen-bond donors (Lipinski definition) is 1. The summed E-state index contributed by atoms with van der Waals surface area (Å²) in [4.78, 5) is 0. The molecule has 0 aromatic heterocycles. The number of hydrogen-bond acceptors (Lipinski definition) is 1. The van der Waals surface area contributed by atoms with Gasteiger partial charge in [-0.1, -0.05) is 54.6 Å². The van der Waals surface area contributed by atoms with Crippen molar-refractivity contribution in [2.75, 3.05) is 6.54 Å². The first-order valence-corrected chi connectivity index (χ1v) is 6.89. The summed E-state index contributed by atoms with van der Waals surface area (Å²) >= 11 is 0. The SMILES string of the molecule is FC(F)(CNC1Cc2ccccc2C1)c1ccccc1. The lowest BCUT2D eigenvalue weighted by molar-refractivity contribution is -0.00548. The van der Waals surface area contributed by atoms with Crippen molar-refractivity contribution >= 4 is 0 Å². The minimum atomic E-state index is -2.82. The minimum Gasteiger partial charge on any atom is -0.307 e. The maximum atomic E-state index is 14.1. The number of halogens is 2. The van der Waals surface area contributed by atoms with Crippen LogP contribution in [0.3, 0.4) is 0 Å². The van der Waals surface area contributed by atoms with Gasteiger partial charge in [0.1, 0.15) is 0 Å². The predicted octanol–water partition coefficient (Wildman–Crippen LogP) is 3.54. The monoisotopic (exact) mass is 273 g/mol. The minimum absolute atomic E-state index is 0.0722. The largest absolute Gasteiger partial charge is 0.307 e. The molecule has 2 aromatic carbocycles. The fourth-order valence-corrected chi connectivity index (χ4v) is 2.76. The Kier molecular flexibility index (Phi) is 3.53. The van der Waals surface area contributed by atoms with Gasteiger partial charge >= 0.3 is 0 Å². The molecule has 0 radical (unpaired) electrons. The summed E-state index contributed by atoms with van der Waals surface area (Å²) in [5.41, 5.74) is 2.61. The maximum absolute atomic E-state index is 14.1. The molecule has 0 amide bonds. The van der Waals surface area contributed by atoms with Crippen molar-refractivity contribution in [2.24, 2.45) is 0 Å². The van der Waals surface area contributed by atoms with Crippen molar-refractivity contribution in [1.29, 1.82) is 0 Å². The highest BCUT2D eigenvalue weighted by Gasteiger charge is 2.32. The van der Waals surface area contributed by atoms with Gasteiger partial charge in [0.05, 0.1) is 6.54 Å². The van der Waals surface area contributed by atoms with Gasteiger partial charge in [0.2, 0.25) is 0 Å². The summed E-state index contributed by atoms with van der Waals surface area (Å²) in [6.45, 7) is -0.310. The first-order chi connectivity index (χ1) is 9.65. The fourth-order valence-electron chi connectivity index (χ4n) is 2.76. The third kappa shape index (κ3) is 2.73. The highest BCUT2D eigenvalue weighted by Crippen LogP contribution is 2.28. The van der Waals surface area contributed by atoms with Crippen LogP contribution in [-0.4, -0.2) is 12.6 Å². The Morgan fingerprint density at radius 2 is 1.45 bits per heavy atom. The molecule has 1 aliphatic rings. The van der Waals surface area contributed by atoms with E-state index in [0.717, 1.165) is 12.8 Å². The van der Waals surface area contributed by atoms with E-state index in [1.165, 1.54) is 23.3 Å². The molecule has 1 nitrogen and oxygen atoms in total. The molecule has 0 aliphatic heterocycles. The zero-order valence-electron chi connectivity index (χ0n) is 11.2. The molecule has 104 valence electrons. The van der Waals surface area contributed by atoms with E-state index >= 15 is 0 Å². The van der Waals surface area contributed by atoms with E-state index in [-0.39, 0.29) is 18.2 Å². The molecule has 20 heavy (non-hydrogen) atoms. The molecule has 0 heterocycles. The first-order valence-electron chi connectivity index (χ1n) is 6.89. The maximum Gasteiger partial charge on any atom is 0.285 e. The molecule has 0 unspecified atom stereocenters. The van der Waals surface area contributed by atoms with Crippen LogP contribution in [0.5, 0.6) is 0 Å². The van der Waals surface area contributed by atoms with Gasteiger partial charge in [0.25, 0.3) is 5.92 Å². The second-order valence-electron chi connectivity index (χ2n) is 5.33. The Labute approximate surface area is 117 Å². The number of fused-ring (bicyclic) bond motifs is 1. The molecular weight excluding hydrogens is 256 g/mol. The molecular formula is C17H17F2N. The van der Waals surface area contributed by atoms with Crippen LogP contribution < -0.4 is 5.32 Å². The highest BCUT2D eigenvalue weighted by molar-refractivity contribution is 5.33. The van der Waals surface area contributed by atoms with E-state index in [0.29, 0.717) is 0 Å². The van der Waals surface area contributed by atoms with Gasteiger partial charge in [-0.2, -0.15) is 8.78 Å². The summed E-state index contributed by atoms with van der Waals surface area (Å²) in [5, 5.41) is 3.02. The second kappa shape index (κ2) is 5.33. The predicted molar refractivity (Wildman–Crippen MR) is 76.0 cm³/mol. The normalized spacial score (nSPS) is 15.3. The van der Waals surface area contributed by atoms with Crippen molar-refractivity contribution in [1.82, 2.24) is 5.32 Å². The molecule has 0 atom stereocenters. The second-order valence-corrected chi connectivity index (χ2v) is 5.33. The van der Waals surface area contributed by atoms with Gasteiger partial charge in [-0.25, -0.2) is 0 Å². The van der Waals surface area contributed by atoms with Crippen molar-refractivity contribution in [3.63, 3.8) is 0 Å². The Hall–Kier alpha value is -1.74. The highest BCUT2D eigenvalue weighted by atomic mass is 19.3. The number of rotatable bonds is 4. The van der Waals surface area contributed by atoms with Gasteiger partial charge in [0, 0.05) is 11.6 Å². The zero-order valence-corrected chi connectivity index (χ0v) is 11.2. The van der Waals surface area contributed by atoms with Gasteiger partial charge in [0.15, 0.2) is 0 Å². The lowest BCUT2D eigenvalue weighted by Crippen LogP contribution is -2.38. The Bertz CT molecular complexity index is 556. The van der Waals surface area contributed by atoms with Crippen LogP contribution in [0.2, 0.25) is 0 Å². The molecule has 3 heteroatoms. The topological polar surface area (TPSA) is 12.0 Å². The van der Waals surface area contributed by atoms with Gasteiger partial charge < -0.3 is 5.32 Å². The van der Waals surface area contributed by atoms with E-state index in [4.69, 9.17) is 0 Å². The molecule has 0 spiro atoms. The van der Waals surface area contributed by atoms with Gasteiger partial charge in [-0.05, 0) is 24.0 Å². The summed E-state index contributed by atoms with van der Waals surface area (Å²) in [6, 6.07) is 16.3. The standard InChI is InChI=1S/C17H17F2N/c18-17(19,15-8-2-1-3-9-15)12-20-16-10-13-6-4-5-7-14(13)11-16/h1-9,16,20H,10-12H2. The van der Waals surface area contributed by atoms with Crippen molar-refractivity contribution in [3.8, 4) is 0 Å². The third-order valence-corrected chi connectivity index (χ3v) is 3.86. The lowest BCUT2D eigenvalue weighted by Gasteiger charge is -2.20. The van der Waals surface area contributed by atoms with Gasteiger partial charge in [-0.15, -0.1) is 0 Å². The molecule has 0 saturated heterocycles. The Balaban J connectivity index is 1.61. The Morgan fingerprint density at radius 1 is 0.900 bits per heavy atom. The van der Waals surface area contributed by atoms with E-state index in [2.05, 4.69) is 17.4 Å². The summed E-state index contributed by atoms with van der Waals surface area (Å²) in [6.07, 6.45) is 1.67. The summed E-state index contributed by atoms with van der Waals surface area (Å²) < 4.78 is 28.2. The van der Waals surface area contributed by atoms with E-state index in [1.54, 1.807) is 18.2 Å². The Morgan fingerprint density at radius 3 is 2.05 bits per heavy atom. The van der Waals surface area contributed by atoms with E-state index in [1.807, 2.05) is 12.1 Å². The molecule has 0 saturated carbocycles. The summed E-state index contributed by atoms with van der Waals surface area (Å²) in [5.74, 6) is -2.82. The lowest BCUT2D eigenvalue weighted by atomic mass is 10.1. The van der Waals surface area contributed by atoms with E-state index < -0.39 is 5.92 Å². The van der Waals surface area contributed by atoms with E-state index in [9.17, 15) is 8.78 Å². The molecule has 3 rings (SSSR count). The van der Waals surface area contributed by atoms with Crippen LogP contribution in [0.25, 0.3) is 0 Å². The van der Waals surface area contributed by atoms with Crippen LogP contribution in [0.1, 0.15) is 16.7 Å². The van der Waals surface area contributed by atoms with Crippen LogP contribution in [0.15, 0.2) is 54.6 Å². The molecule has 2 aromatic rings. The zero-order chi connectivity index (χ0) is 14.0. The fraction of sp³-hybridized carbons (Fsp3) is 0.294. The molecule has 1 aliphatic carbocycles. The van der Waals surface area contributed by atoms with Crippen molar-refractivity contribution < 1.29 is 8.78 Å². The molecule has 1 N–H and O–H groups in total. The summed E-state index contributed by atoms with van der Waals surface area (Å²) in [7, 11) is 0. The smallest absolute Gasteiger partial charge is 0.285 e. The van der Waals surface area contributed by atoms with Crippen molar-refractivity contribution in [3.05, 3.63) is 71.3 Å². The quantitative estimate of drug-likeness (QED) is 0.898.